The van der Waals surface area contributed by atoms with Gasteiger partial charge >= 0.3 is 0 Å². The molecule has 1 unspecified atom stereocenters. The zero-order valence-corrected chi connectivity index (χ0v) is 15.7. The fourth-order valence-corrected chi connectivity index (χ4v) is 3.98. The minimum atomic E-state index is -0.153. The Morgan fingerprint density at radius 3 is 2.70 bits per heavy atom. The summed E-state index contributed by atoms with van der Waals surface area (Å²) in [5.74, 6) is 0.837. The average molecular weight is 364 g/mol. The number of amides is 1. The van der Waals surface area contributed by atoms with Crippen molar-refractivity contribution in [3.8, 4) is 5.75 Å². The summed E-state index contributed by atoms with van der Waals surface area (Å²) in [6, 6.07) is 16.2. The van der Waals surface area contributed by atoms with Crippen molar-refractivity contribution in [3.05, 3.63) is 65.4 Å². The molecule has 1 aromatic heterocycles. The molecule has 2 heterocycles. The summed E-state index contributed by atoms with van der Waals surface area (Å²) in [5.41, 5.74) is 4.57. The molecule has 1 N–H and O–H groups in total. The number of aromatic amines is 1. The molecule has 27 heavy (non-hydrogen) atoms. The van der Waals surface area contributed by atoms with E-state index in [1.54, 1.807) is 7.11 Å². The summed E-state index contributed by atoms with van der Waals surface area (Å²) in [7, 11) is 1.56. The summed E-state index contributed by atoms with van der Waals surface area (Å²) in [6.07, 6.45) is 0.836. The van der Waals surface area contributed by atoms with Crippen molar-refractivity contribution in [2.75, 3.05) is 26.9 Å². The highest BCUT2D eigenvalue weighted by Gasteiger charge is 2.34. The predicted octanol–water partition coefficient (Wildman–Crippen LogP) is 3.69. The highest BCUT2D eigenvalue weighted by Crippen LogP contribution is 2.38. The maximum absolute atomic E-state index is 12.7. The van der Waals surface area contributed by atoms with Gasteiger partial charge in [0.2, 0.25) is 5.91 Å². The highest BCUT2D eigenvalue weighted by atomic mass is 16.5. The van der Waals surface area contributed by atoms with Crippen LogP contribution in [0.2, 0.25) is 0 Å². The first kappa shape index (κ1) is 17.6. The second kappa shape index (κ2) is 7.45. The fourth-order valence-electron chi connectivity index (χ4n) is 3.98. The topological polar surface area (TPSA) is 54.6 Å². The Kier molecular flexibility index (Phi) is 4.86. The van der Waals surface area contributed by atoms with Gasteiger partial charge in [0, 0.05) is 30.3 Å². The summed E-state index contributed by atoms with van der Waals surface area (Å²) in [4.78, 5) is 18.2. The molecule has 1 aliphatic heterocycles. The molecule has 1 amide bonds. The Morgan fingerprint density at radius 2 is 1.96 bits per heavy atom. The molecule has 4 rings (SSSR count). The summed E-state index contributed by atoms with van der Waals surface area (Å²) in [6.45, 7) is 3.36. The van der Waals surface area contributed by atoms with Crippen molar-refractivity contribution < 1.29 is 14.3 Å². The standard InChI is InChI=1S/C22H24N2O3/c1-3-27-16-10-8-15(9-11-16)22-21-18(12-13-24(22)20(25)14-26-2)17-6-4-5-7-19(17)23-21/h4-11,22-23H,3,12-14H2,1-2H3. The maximum Gasteiger partial charge on any atom is 0.249 e. The monoisotopic (exact) mass is 364 g/mol. The Labute approximate surface area is 158 Å². The van der Waals surface area contributed by atoms with Crippen molar-refractivity contribution in [1.29, 1.82) is 0 Å². The maximum atomic E-state index is 12.7. The summed E-state index contributed by atoms with van der Waals surface area (Å²) in [5, 5.41) is 1.24. The van der Waals surface area contributed by atoms with Crippen LogP contribution in [0.3, 0.4) is 0 Å². The molecule has 0 bridgehead atoms. The largest absolute Gasteiger partial charge is 0.494 e. The number of carbonyl (C=O) groups is 1. The lowest BCUT2D eigenvalue weighted by atomic mass is 9.92. The van der Waals surface area contributed by atoms with Crippen LogP contribution in [0.25, 0.3) is 10.9 Å². The van der Waals surface area contributed by atoms with E-state index < -0.39 is 0 Å². The van der Waals surface area contributed by atoms with Crippen LogP contribution >= 0.6 is 0 Å². The highest BCUT2D eigenvalue weighted by molar-refractivity contribution is 5.86. The van der Waals surface area contributed by atoms with E-state index in [0.29, 0.717) is 13.2 Å². The third-order valence-corrected chi connectivity index (χ3v) is 5.13. The van der Waals surface area contributed by atoms with Crippen LogP contribution in [0.4, 0.5) is 0 Å². The lowest BCUT2D eigenvalue weighted by Crippen LogP contribution is -2.42. The average Bonchev–Trinajstić information content (AvgIpc) is 3.07. The van der Waals surface area contributed by atoms with Gasteiger partial charge in [-0.15, -0.1) is 0 Å². The number of hydrogen-bond acceptors (Lipinski definition) is 3. The van der Waals surface area contributed by atoms with Crippen molar-refractivity contribution in [3.63, 3.8) is 0 Å². The smallest absolute Gasteiger partial charge is 0.249 e. The first-order chi connectivity index (χ1) is 13.2. The Balaban J connectivity index is 1.81. The molecule has 140 valence electrons. The zero-order chi connectivity index (χ0) is 18.8. The number of para-hydroxylation sites is 1. The third-order valence-electron chi connectivity index (χ3n) is 5.13. The van der Waals surface area contributed by atoms with Gasteiger partial charge in [-0.1, -0.05) is 30.3 Å². The Bertz CT molecular complexity index is 946. The van der Waals surface area contributed by atoms with Crippen LogP contribution in [-0.2, 0) is 16.0 Å². The summed E-state index contributed by atoms with van der Waals surface area (Å²) >= 11 is 0. The minimum Gasteiger partial charge on any atom is -0.494 e. The van der Waals surface area contributed by atoms with E-state index in [1.807, 2.05) is 42.2 Å². The quantitative estimate of drug-likeness (QED) is 0.751. The molecule has 3 aromatic rings. The predicted molar refractivity (Wildman–Crippen MR) is 105 cm³/mol. The van der Waals surface area contributed by atoms with Gasteiger partial charge in [-0.25, -0.2) is 0 Å². The normalized spacial score (nSPS) is 16.4. The van der Waals surface area contributed by atoms with Crippen molar-refractivity contribution in [2.24, 2.45) is 0 Å². The molecule has 0 saturated carbocycles. The van der Waals surface area contributed by atoms with Gasteiger partial charge in [0.05, 0.1) is 12.6 Å². The molecule has 1 aliphatic rings. The first-order valence-electron chi connectivity index (χ1n) is 9.33. The second-order valence-electron chi connectivity index (χ2n) is 6.74. The SMILES string of the molecule is CCOc1ccc(C2c3[nH]c4ccccc4c3CCN2C(=O)COC)cc1. The van der Waals surface area contributed by atoms with Gasteiger partial charge in [0.1, 0.15) is 12.4 Å². The van der Waals surface area contributed by atoms with E-state index >= 15 is 0 Å². The molecule has 0 radical (unpaired) electrons. The number of fused-ring (bicyclic) bond motifs is 3. The van der Waals surface area contributed by atoms with E-state index in [2.05, 4.69) is 23.2 Å². The molecule has 5 heteroatoms. The molecule has 0 fully saturated rings. The van der Waals surface area contributed by atoms with Gasteiger partial charge in [-0.05, 0) is 42.7 Å². The Morgan fingerprint density at radius 1 is 1.19 bits per heavy atom. The number of H-pyrrole nitrogens is 1. The van der Waals surface area contributed by atoms with Gasteiger partial charge in [0.15, 0.2) is 0 Å². The molecular weight excluding hydrogens is 340 g/mol. The number of carbonyl (C=O) groups excluding carboxylic acids is 1. The first-order valence-corrected chi connectivity index (χ1v) is 9.33. The van der Waals surface area contributed by atoms with E-state index in [-0.39, 0.29) is 18.6 Å². The zero-order valence-electron chi connectivity index (χ0n) is 15.7. The van der Waals surface area contributed by atoms with Crippen molar-refractivity contribution in [1.82, 2.24) is 9.88 Å². The van der Waals surface area contributed by atoms with Crippen LogP contribution in [0.5, 0.6) is 5.75 Å². The molecule has 0 spiro atoms. The van der Waals surface area contributed by atoms with E-state index in [9.17, 15) is 4.79 Å². The minimum absolute atomic E-state index is 0.000640. The molecule has 0 saturated heterocycles. The number of hydrogen-bond donors (Lipinski definition) is 1. The molecule has 1 atom stereocenters. The number of methoxy groups -OCH3 is 1. The number of nitrogens with zero attached hydrogens (tertiary/aromatic N) is 1. The summed E-state index contributed by atoms with van der Waals surface area (Å²) < 4.78 is 10.7. The second-order valence-corrected chi connectivity index (χ2v) is 6.74. The van der Waals surface area contributed by atoms with Crippen LogP contribution in [0.15, 0.2) is 48.5 Å². The van der Waals surface area contributed by atoms with Crippen LogP contribution < -0.4 is 4.74 Å². The van der Waals surface area contributed by atoms with Crippen LogP contribution in [-0.4, -0.2) is 42.7 Å². The van der Waals surface area contributed by atoms with E-state index in [4.69, 9.17) is 9.47 Å². The van der Waals surface area contributed by atoms with E-state index in [0.717, 1.165) is 28.9 Å². The molecule has 2 aromatic carbocycles. The molecule has 5 nitrogen and oxygen atoms in total. The Hall–Kier alpha value is -2.79. The lowest BCUT2D eigenvalue weighted by Gasteiger charge is -2.36. The third kappa shape index (κ3) is 3.19. The number of aromatic nitrogens is 1. The molecule has 0 aliphatic carbocycles. The van der Waals surface area contributed by atoms with Gasteiger partial charge < -0.3 is 19.4 Å². The van der Waals surface area contributed by atoms with Gasteiger partial charge in [0.25, 0.3) is 0 Å². The van der Waals surface area contributed by atoms with Crippen LogP contribution in [0.1, 0.15) is 29.8 Å². The van der Waals surface area contributed by atoms with E-state index in [1.165, 1.54) is 10.9 Å². The number of rotatable bonds is 5. The van der Waals surface area contributed by atoms with Crippen LogP contribution in [0, 0.1) is 0 Å². The molecular formula is C22H24N2O3. The lowest BCUT2D eigenvalue weighted by molar-refractivity contribution is -0.137. The number of ether oxygens (including phenoxy) is 2. The number of nitrogens with one attached hydrogen (secondary N) is 1. The van der Waals surface area contributed by atoms with Gasteiger partial charge in [-0.3, -0.25) is 4.79 Å². The fraction of sp³-hybridized carbons (Fsp3) is 0.318. The van der Waals surface area contributed by atoms with Crippen molar-refractivity contribution >= 4 is 16.8 Å². The van der Waals surface area contributed by atoms with Gasteiger partial charge in [-0.2, -0.15) is 0 Å². The van der Waals surface area contributed by atoms with Crippen molar-refractivity contribution in [2.45, 2.75) is 19.4 Å². The number of benzene rings is 2.